The fourth-order valence-corrected chi connectivity index (χ4v) is 3.04. The molecule has 5 heteroatoms. The van der Waals surface area contributed by atoms with Crippen LogP contribution in [0.1, 0.15) is 26.2 Å². The number of piperidine rings is 1. The molecule has 0 saturated carbocycles. The van der Waals surface area contributed by atoms with E-state index in [9.17, 15) is 8.42 Å². The van der Waals surface area contributed by atoms with Crippen LogP contribution in [0.5, 0.6) is 0 Å². The predicted molar refractivity (Wildman–Crippen MR) is 67.3 cm³/mol. The van der Waals surface area contributed by atoms with Gasteiger partial charge in [-0.05, 0) is 38.9 Å². The van der Waals surface area contributed by atoms with Gasteiger partial charge in [0.05, 0.1) is 5.75 Å². The maximum Gasteiger partial charge on any atom is 0.150 e. The van der Waals surface area contributed by atoms with E-state index in [1.165, 1.54) is 12.8 Å². The third kappa shape index (κ3) is 5.31. The van der Waals surface area contributed by atoms with Gasteiger partial charge in [0.25, 0.3) is 0 Å². The van der Waals surface area contributed by atoms with Gasteiger partial charge in [-0.2, -0.15) is 0 Å². The van der Waals surface area contributed by atoms with Crippen LogP contribution in [0.2, 0.25) is 0 Å². The van der Waals surface area contributed by atoms with E-state index in [0.29, 0.717) is 10.6 Å². The van der Waals surface area contributed by atoms with Crippen molar-refractivity contribution in [1.82, 2.24) is 4.90 Å². The molecule has 0 aromatic heterocycles. The Kier molecular flexibility index (Phi) is 5.57. The van der Waals surface area contributed by atoms with E-state index < -0.39 is 9.84 Å². The Hall–Kier alpha value is 0.390. The topological polar surface area (TPSA) is 37.4 Å². The van der Waals surface area contributed by atoms with Gasteiger partial charge >= 0.3 is 0 Å². The Bertz CT molecular complexity index is 271. The molecule has 0 N–H and O–H groups in total. The number of halogens is 1. The summed E-state index contributed by atoms with van der Waals surface area (Å²) in [7, 11) is -2.77. The van der Waals surface area contributed by atoms with Crippen LogP contribution >= 0.6 is 15.9 Å². The fourth-order valence-electron chi connectivity index (χ4n) is 1.78. The maximum atomic E-state index is 11.3. The zero-order chi connectivity index (χ0) is 11.3. The summed E-state index contributed by atoms with van der Waals surface area (Å²) in [6, 6.07) is 0. The molecule has 0 amide bonds. The summed E-state index contributed by atoms with van der Waals surface area (Å²) >= 11 is 3.60. The lowest BCUT2D eigenvalue weighted by Crippen LogP contribution is -2.35. The molecule has 1 heterocycles. The second kappa shape index (κ2) is 6.21. The van der Waals surface area contributed by atoms with Crippen molar-refractivity contribution in [2.24, 2.45) is 0 Å². The van der Waals surface area contributed by atoms with E-state index in [4.69, 9.17) is 0 Å². The first-order valence-electron chi connectivity index (χ1n) is 5.60. The number of hydrogen-bond acceptors (Lipinski definition) is 3. The quantitative estimate of drug-likeness (QED) is 0.725. The second-order valence-corrected chi connectivity index (χ2v) is 7.87. The molecule has 90 valence electrons. The van der Waals surface area contributed by atoms with Gasteiger partial charge in [-0.1, -0.05) is 22.9 Å². The van der Waals surface area contributed by atoms with Gasteiger partial charge in [-0.3, -0.25) is 0 Å². The molecule has 0 aromatic carbocycles. The van der Waals surface area contributed by atoms with Crippen molar-refractivity contribution in [3.05, 3.63) is 0 Å². The molecular weight excluding hydrogens is 278 g/mol. The maximum absolute atomic E-state index is 11.3. The van der Waals surface area contributed by atoms with Crippen LogP contribution in [0.25, 0.3) is 0 Å². The number of alkyl halides is 1. The largest absolute Gasteiger partial charge is 0.303 e. The number of likely N-dealkylation sites (tertiary alicyclic amines) is 1. The van der Waals surface area contributed by atoms with Crippen molar-refractivity contribution < 1.29 is 8.42 Å². The van der Waals surface area contributed by atoms with E-state index in [1.54, 1.807) is 6.92 Å². The SMILES string of the molecule is CCS(=O)(=O)CCCN1CCC(Br)CC1. The normalized spacial score (nSPS) is 20.7. The van der Waals surface area contributed by atoms with Gasteiger partial charge in [-0.25, -0.2) is 8.42 Å². The van der Waals surface area contributed by atoms with Crippen molar-refractivity contribution in [3.8, 4) is 0 Å². The molecule has 0 unspecified atom stereocenters. The van der Waals surface area contributed by atoms with Crippen molar-refractivity contribution in [3.63, 3.8) is 0 Å². The third-order valence-electron chi connectivity index (χ3n) is 2.89. The van der Waals surface area contributed by atoms with Crippen LogP contribution in [0.15, 0.2) is 0 Å². The van der Waals surface area contributed by atoms with E-state index in [2.05, 4.69) is 20.8 Å². The first-order chi connectivity index (χ1) is 7.03. The standard InChI is InChI=1S/C10H20BrNO2S/c1-2-15(13,14)9-3-6-12-7-4-10(11)5-8-12/h10H,2-9H2,1H3. The van der Waals surface area contributed by atoms with E-state index in [0.717, 1.165) is 26.1 Å². The Morgan fingerprint density at radius 2 is 1.93 bits per heavy atom. The fraction of sp³-hybridized carbons (Fsp3) is 1.00. The van der Waals surface area contributed by atoms with Gasteiger partial charge in [0.15, 0.2) is 0 Å². The first-order valence-corrected chi connectivity index (χ1v) is 8.34. The van der Waals surface area contributed by atoms with Crippen molar-refractivity contribution >= 4 is 25.8 Å². The van der Waals surface area contributed by atoms with Crippen LogP contribution in [0.4, 0.5) is 0 Å². The Morgan fingerprint density at radius 3 is 2.47 bits per heavy atom. The smallest absolute Gasteiger partial charge is 0.150 e. The molecule has 0 bridgehead atoms. The highest BCUT2D eigenvalue weighted by molar-refractivity contribution is 9.09. The third-order valence-corrected chi connectivity index (χ3v) is 5.59. The second-order valence-electron chi connectivity index (χ2n) is 4.11. The molecule has 1 aliphatic heterocycles. The molecule has 1 aliphatic rings. The lowest BCUT2D eigenvalue weighted by atomic mass is 10.1. The average Bonchev–Trinajstić information content (AvgIpc) is 2.21. The molecule has 3 nitrogen and oxygen atoms in total. The van der Waals surface area contributed by atoms with E-state index in [-0.39, 0.29) is 5.75 Å². The predicted octanol–water partition coefficient (Wildman–Crippen LogP) is 1.67. The lowest BCUT2D eigenvalue weighted by Gasteiger charge is -2.29. The van der Waals surface area contributed by atoms with Gasteiger partial charge in [0.1, 0.15) is 9.84 Å². The summed E-state index contributed by atoms with van der Waals surface area (Å²) < 4.78 is 22.5. The molecule has 0 radical (unpaired) electrons. The Balaban J connectivity index is 2.16. The van der Waals surface area contributed by atoms with E-state index >= 15 is 0 Å². The molecule has 15 heavy (non-hydrogen) atoms. The monoisotopic (exact) mass is 297 g/mol. The Labute approximate surface area is 101 Å². The van der Waals surface area contributed by atoms with Crippen LogP contribution < -0.4 is 0 Å². The summed E-state index contributed by atoms with van der Waals surface area (Å²) in [6.07, 6.45) is 3.14. The van der Waals surface area contributed by atoms with Gasteiger partial charge < -0.3 is 4.90 Å². The number of rotatable bonds is 5. The molecule has 0 spiro atoms. The zero-order valence-electron chi connectivity index (χ0n) is 9.28. The minimum atomic E-state index is -2.77. The first kappa shape index (κ1) is 13.5. The average molecular weight is 298 g/mol. The van der Waals surface area contributed by atoms with Crippen LogP contribution in [-0.4, -0.2) is 49.3 Å². The summed E-state index contributed by atoms with van der Waals surface area (Å²) in [6.45, 7) is 4.84. The summed E-state index contributed by atoms with van der Waals surface area (Å²) in [5, 5.41) is 0. The lowest BCUT2D eigenvalue weighted by molar-refractivity contribution is 0.235. The molecule has 1 saturated heterocycles. The minimum Gasteiger partial charge on any atom is -0.303 e. The van der Waals surface area contributed by atoms with Crippen molar-refractivity contribution in [2.75, 3.05) is 31.1 Å². The zero-order valence-corrected chi connectivity index (χ0v) is 11.7. The van der Waals surface area contributed by atoms with Crippen LogP contribution in [0.3, 0.4) is 0 Å². The summed E-state index contributed by atoms with van der Waals surface area (Å²) in [5.74, 6) is 0.619. The molecule has 0 aromatic rings. The molecule has 0 aliphatic carbocycles. The van der Waals surface area contributed by atoms with Crippen LogP contribution in [-0.2, 0) is 9.84 Å². The highest BCUT2D eigenvalue weighted by atomic mass is 79.9. The molecule has 1 fully saturated rings. The van der Waals surface area contributed by atoms with Crippen molar-refractivity contribution in [2.45, 2.75) is 31.0 Å². The molecule has 1 rings (SSSR count). The highest BCUT2D eigenvalue weighted by Crippen LogP contribution is 2.17. The van der Waals surface area contributed by atoms with E-state index in [1.807, 2.05) is 0 Å². The van der Waals surface area contributed by atoms with Gasteiger partial charge in [-0.15, -0.1) is 0 Å². The number of sulfone groups is 1. The summed E-state index contributed by atoms with van der Waals surface area (Å²) in [4.78, 5) is 3.02. The Morgan fingerprint density at radius 1 is 1.33 bits per heavy atom. The molecular formula is C10H20BrNO2S. The van der Waals surface area contributed by atoms with Gasteiger partial charge in [0.2, 0.25) is 0 Å². The van der Waals surface area contributed by atoms with Gasteiger partial charge in [0, 0.05) is 10.6 Å². The van der Waals surface area contributed by atoms with Crippen LogP contribution in [0, 0.1) is 0 Å². The summed E-state index contributed by atoms with van der Waals surface area (Å²) in [5.41, 5.74) is 0. The minimum absolute atomic E-state index is 0.274. The number of hydrogen-bond donors (Lipinski definition) is 0. The van der Waals surface area contributed by atoms with Crippen molar-refractivity contribution in [1.29, 1.82) is 0 Å². The molecule has 0 atom stereocenters. The number of nitrogens with zero attached hydrogens (tertiary/aromatic N) is 1. The highest BCUT2D eigenvalue weighted by Gasteiger charge is 2.16.